The molecule has 1 N–H and O–H groups in total. The third-order valence-corrected chi connectivity index (χ3v) is 4.61. The molecule has 1 fully saturated rings. The van der Waals surface area contributed by atoms with Crippen LogP contribution in [0.25, 0.3) is 0 Å². The van der Waals surface area contributed by atoms with Gasteiger partial charge in [0.15, 0.2) is 5.79 Å². The Balaban J connectivity index is 2.12. The average molecular weight is 274 g/mol. The van der Waals surface area contributed by atoms with Crippen LogP contribution >= 0.6 is 0 Å². The van der Waals surface area contributed by atoms with Crippen molar-refractivity contribution in [2.45, 2.75) is 44.5 Å². The highest BCUT2D eigenvalue weighted by Gasteiger charge is 2.44. The number of aliphatic hydroxyl groups is 1. The van der Waals surface area contributed by atoms with Crippen molar-refractivity contribution in [3.05, 3.63) is 47.0 Å². The summed E-state index contributed by atoms with van der Waals surface area (Å²) in [6.45, 7) is 5.27. The lowest BCUT2D eigenvalue weighted by Crippen LogP contribution is -2.33. The third kappa shape index (κ3) is 1.93. The maximum absolute atomic E-state index is 11.1. The number of rotatable bonds is 3. The van der Waals surface area contributed by atoms with Gasteiger partial charge in [-0.1, -0.05) is 37.3 Å². The summed E-state index contributed by atoms with van der Waals surface area (Å²) in [6, 6.07) is 7.98. The highest BCUT2D eigenvalue weighted by atomic mass is 16.7. The molecule has 20 heavy (non-hydrogen) atoms. The van der Waals surface area contributed by atoms with Crippen LogP contribution in [0, 0.1) is 0 Å². The first-order chi connectivity index (χ1) is 9.62. The van der Waals surface area contributed by atoms with Crippen molar-refractivity contribution >= 4 is 0 Å². The molecule has 0 amide bonds. The highest BCUT2D eigenvalue weighted by Crippen LogP contribution is 2.45. The molecule has 3 rings (SSSR count). The topological polar surface area (TPSA) is 38.7 Å². The van der Waals surface area contributed by atoms with E-state index in [-0.39, 0.29) is 0 Å². The Morgan fingerprint density at radius 1 is 1.15 bits per heavy atom. The number of hydrogen-bond donors (Lipinski definition) is 1. The Hall–Kier alpha value is -1.16. The SMILES string of the molecule is CCC1(c2ccccc2C2(O)CCC=C2C)OCCO1. The summed E-state index contributed by atoms with van der Waals surface area (Å²) in [4.78, 5) is 0. The van der Waals surface area contributed by atoms with Crippen molar-refractivity contribution in [2.24, 2.45) is 0 Å². The molecule has 1 aromatic carbocycles. The van der Waals surface area contributed by atoms with Crippen molar-refractivity contribution < 1.29 is 14.6 Å². The summed E-state index contributed by atoms with van der Waals surface area (Å²) in [5.74, 6) is -0.699. The molecule has 1 atom stereocenters. The zero-order valence-electron chi connectivity index (χ0n) is 12.2. The van der Waals surface area contributed by atoms with Gasteiger partial charge in [0.25, 0.3) is 0 Å². The van der Waals surface area contributed by atoms with Gasteiger partial charge in [-0.15, -0.1) is 0 Å². The van der Waals surface area contributed by atoms with E-state index in [9.17, 15) is 5.11 Å². The summed E-state index contributed by atoms with van der Waals surface area (Å²) >= 11 is 0. The van der Waals surface area contributed by atoms with Crippen molar-refractivity contribution in [2.75, 3.05) is 13.2 Å². The van der Waals surface area contributed by atoms with Crippen LogP contribution in [0.4, 0.5) is 0 Å². The molecular weight excluding hydrogens is 252 g/mol. The van der Waals surface area contributed by atoms with E-state index in [1.807, 2.05) is 31.2 Å². The fraction of sp³-hybridized carbons (Fsp3) is 0.529. The molecule has 0 spiro atoms. The minimum atomic E-state index is -0.881. The second-order valence-electron chi connectivity index (χ2n) is 5.64. The molecule has 1 heterocycles. The lowest BCUT2D eigenvalue weighted by Gasteiger charge is -2.34. The number of ether oxygens (including phenoxy) is 2. The van der Waals surface area contributed by atoms with Gasteiger partial charge in [0.2, 0.25) is 0 Å². The zero-order chi connectivity index (χ0) is 14.2. The second kappa shape index (κ2) is 4.99. The van der Waals surface area contributed by atoms with Gasteiger partial charge in [0.1, 0.15) is 5.60 Å². The van der Waals surface area contributed by atoms with Crippen LogP contribution in [0.2, 0.25) is 0 Å². The molecule has 1 aliphatic carbocycles. The summed E-state index contributed by atoms with van der Waals surface area (Å²) in [6.07, 6.45) is 4.50. The van der Waals surface area contributed by atoms with E-state index in [4.69, 9.17) is 9.47 Å². The monoisotopic (exact) mass is 274 g/mol. The van der Waals surface area contributed by atoms with Crippen molar-refractivity contribution in [1.29, 1.82) is 0 Å². The maximum atomic E-state index is 11.1. The lowest BCUT2D eigenvalue weighted by molar-refractivity contribution is -0.169. The van der Waals surface area contributed by atoms with Gasteiger partial charge >= 0.3 is 0 Å². The number of allylic oxidation sites excluding steroid dienone is 1. The molecule has 1 unspecified atom stereocenters. The molecule has 3 nitrogen and oxygen atoms in total. The van der Waals surface area contributed by atoms with Crippen molar-refractivity contribution in [3.8, 4) is 0 Å². The summed E-state index contributed by atoms with van der Waals surface area (Å²) in [7, 11) is 0. The average Bonchev–Trinajstić information content (AvgIpc) is 3.08. The van der Waals surface area contributed by atoms with Gasteiger partial charge in [-0.3, -0.25) is 0 Å². The molecule has 0 radical (unpaired) electrons. The number of benzene rings is 1. The van der Waals surface area contributed by atoms with Gasteiger partial charge in [-0.2, -0.15) is 0 Å². The molecule has 1 saturated heterocycles. The van der Waals surface area contributed by atoms with E-state index in [0.29, 0.717) is 13.2 Å². The molecule has 2 aliphatic rings. The Labute approximate surface area is 120 Å². The predicted molar refractivity (Wildman–Crippen MR) is 77.2 cm³/mol. The minimum Gasteiger partial charge on any atom is -0.381 e. The van der Waals surface area contributed by atoms with Crippen LogP contribution in [0.3, 0.4) is 0 Å². The van der Waals surface area contributed by atoms with Crippen molar-refractivity contribution in [1.82, 2.24) is 0 Å². The Morgan fingerprint density at radius 3 is 2.35 bits per heavy atom. The van der Waals surface area contributed by atoms with Gasteiger partial charge in [-0.25, -0.2) is 0 Å². The minimum absolute atomic E-state index is 0.607. The van der Waals surface area contributed by atoms with E-state index in [1.54, 1.807) is 0 Å². The van der Waals surface area contributed by atoms with Gasteiger partial charge in [0.05, 0.1) is 13.2 Å². The Kier molecular flexibility index (Phi) is 3.44. The van der Waals surface area contributed by atoms with E-state index >= 15 is 0 Å². The van der Waals surface area contributed by atoms with Gasteiger partial charge in [0, 0.05) is 12.0 Å². The molecule has 1 aliphatic heterocycles. The van der Waals surface area contributed by atoms with Crippen LogP contribution in [0.1, 0.15) is 44.2 Å². The molecular formula is C17H22O3. The summed E-state index contributed by atoms with van der Waals surface area (Å²) in [5.41, 5.74) is 2.04. The second-order valence-corrected chi connectivity index (χ2v) is 5.64. The van der Waals surface area contributed by atoms with Gasteiger partial charge < -0.3 is 14.6 Å². The van der Waals surface area contributed by atoms with E-state index in [0.717, 1.165) is 36.0 Å². The Bertz CT molecular complexity index is 529. The molecule has 108 valence electrons. The van der Waals surface area contributed by atoms with E-state index in [2.05, 4.69) is 13.0 Å². The molecule has 0 saturated carbocycles. The van der Waals surface area contributed by atoms with Crippen LogP contribution in [-0.2, 0) is 20.9 Å². The molecule has 0 bridgehead atoms. The van der Waals surface area contributed by atoms with Crippen molar-refractivity contribution in [3.63, 3.8) is 0 Å². The smallest absolute Gasteiger partial charge is 0.195 e. The van der Waals surface area contributed by atoms with Crippen LogP contribution in [0.15, 0.2) is 35.9 Å². The fourth-order valence-corrected chi connectivity index (χ4v) is 3.39. The normalized spacial score (nSPS) is 28.6. The first-order valence-electron chi connectivity index (χ1n) is 7.40. The zero-order valence-corrected chi connectivity index (χ0v) is 12.2. The standard InChI is InChI=1S/C17H22O3/c1-3-17(19-11-12-20-17)15-9-5-4-8-14(15)16(18)10-6-7-13(16)2/h4-5,7-9,18H,3,6,10-12H2,1-2H3. The maximum Gasteiger partial charge on any atom is 0.195 e. The first-order valence-corrected chi connectivity index (χ1v) is 7.40. The first kappa shape index (κ1) is 13.8. The molecule has 1 aromatic rings. The third-order valence-electron chi connectivity index (χ3n) is 4.61. The Morgan fingerprint density at radius 2 is 1.80 bits per heavy atom. The number of hydrogen-bond acceptors (Lipinski definition) is 3. The highest BCUT2D eigenvalue weighted by molar-refractivity contribution is 5.42. The van der Waals surface area contributed by atoms with Crippen LogP contribution in [0.5, 0.6) is 0 Å². The summed E-state index contributed by atoms with van der Waals surface area (Å²) < 4.78 is 11.8. The largest absolute Gasteiger partial charge is 0.381 e. The predicted octanol–water partition coefficient (Wildman–Crippen LogP) is 3.22. The summed E-state index contributed by atoms with van der Waals surface area (Å²) in [5, 5.41) is 11.1. The van der Waals surface area contributed by atoms with E-state index < -0.39 is 11.4 Å². The quantitative estimate of drug-likeness (QED) is 0.860. The lowest BCUT2D eigenvalue weighted by atomic mass is 9.82. The molecule has 3 heteroatoms. The van der Waals surface area contributed by atoms with Crippen LogP contribution in [-0.4, -0.2) is 18.3 Å². The molecule has 0 aromatic heterocycles. The van der Waals surface area contributed by atoms with E-state index in [1.165, 1.54) is 0 Å². The fourth-order valence-electron chi connectivity index (χ4n) is 3.39. The van der Waals surface area contributed by atoms with Crippen LogP contribution < -0.4 is 0 Å². The van der Waals surface area contributed by atoms with Gasteiger partial charge in [-0.05, 0) is 30.9 Å².